The molecule has 5 nitrogen and oxygen atoms in total. The topological polar surface area (TPSA) is 66.5 Å². The summed E-state index contributed by atoms with van der Waals surface area (Å²) < 4.78 is 0.724. The molecule has 1 aliphatic heterocycles. The maximum Gasteiger partial charge on any atom is 0.235 e. The lowest BCUT2D eigenvalue weighted by molar-refractivity contribution is -0.140. The van der Waals surface area contributed by atoms with E-state index in [1.807, 2.05) is 55.5 Å². The molecule has 1 heterocycles. The predicted octanol–water partition coefficient (Wildman–Crippen LogP) is 6.33. The molecule has 37 heavy (non-hydrogen) atoms. The number of anilines is 1. The molecule has 0 aromatic heterocycles. The minimum Gasteiger partial charge on any atom is -0.326 e. The van der Waals surface area contributed by atoms with Crippen LogP contribution >= 0.6 is 50.7 Å². The zero-order valence-electron chi connectivity index (χ0n) is 19.5. The molecule has 3 aromatic rings. The summed E-state index contributed by atoms with van der Waals surface area (Å²) in [6, 6.07) is 18.4. The summed E-state index contributed by atoms with van der Waals surface area (Å²) in [5, 5.41) is 3.28. The second-order valence-corrected chi connectivity index (χ2v) is 12.1. The molecule has 0 unspecified atom stereocenters. The second kappa shape index (κ2) is 8.57. The number of likely N-dealkylation sites (tertiary alicyclic amines) is 1. The summed E-state index contributed by atoms with van der Waals surface area (Å²) in [6.45, 7) is 1.77. The minimum atomic E-state index is -1.23. The normalized spacial score (nSPS) is 27.1. The van der Waals surface area contributed by atoms with Crippen LogP contribution in [0.4, 0.5) is 5.69 Å². The number of halogens is 4. The standard InChI is InChI=1S/C28H20BrCl3N2O3/c1-14-12-19(29)20(30)13-21(14)33-22(35)10-11-34-25(36)23-24(26(34)37)28(32)16-7-3-2-6-15(16)27(23,31)17-8-4-5-9-18(17)28/h2-9,12-13,23-24H,10-11H2,1H3,(H,33,35)/t23-,24-,27?,28?/m1/s1. The highest BCUT2D eigenvalue weighted by molar-refractivity contribution is 9.10. The van der Waals surface area contributed by atoms with Gasteiger partial charge in [0, 0.05) is 23.1 Å². The second-order valence-electron chi connectivity index (χ2n) is 9.68. The van der Waals surface area contributed by atoms with Crippen LogP contribution in [0.1, 0.15) is 34.2 Å². The molecule has 0 spiro atoms. The van der Waals surface area contributed by atoms with E-state index in [2.05, 4.69) is 21.2 Å². The lowest BCUT2D eigenvalue weighted by Crippen LogP contribution is -2.57. The SMILES string of the molecule is Cc1cc(Br)c(Cl)cc1NC(=O)CCN1C(=O)[C@H]2[C@H](C1=O)C1(Cl)c3ccccc3C2(Cl)c2ccccc21. The molecule has 7 rings (SSSR count). The van der Waals surface area contributed by atoms with Crippen molar-refractivity contribution in [3.8, 4) is 0 Å². The molecule has 0 saturated carbocycles. The summed E-state index contributed by atoms with van der Waals surface area (Å²) >= 11 is 24.4. The van der Waals surface area contributed by atoms with Gasteiger partial charge in [-0.05, 0) is 62.8 Å². The average molecular weight is 619 g/mol. The highest BCUT2D eigenvalue weighted by Crippen LogP contribution is 2.69. The number of imide groups is 1. The van der Waals surface area contributed by atoms with Crippen LogP contribution in [0.25, 0.3) is 0 Å². The van der Waals surface area contributed by atoms with Crippen molar-refractivity contribution in [2.24, 2.45) is 11.8 Å². The Labute approximate surface area is 237 Å². The number of alkyl halides is 2. The largest absolute Gasteiger partial charge is 0.326 e. The zero-order chi connectivity index (χ0) is 26.3. The van der Waals surface area contributed by atoms with Gasteiger partial charge in [0.1, 0.15) is 9.75 Å². The van der Waals surface area contributed by atoms with Gasteiger partial charge in [-0.3, -0.25) is 19.3 Å². The summed E-state index contributed by atoms with van der Waals surface area (Å²) in [5.74, 6) is -2.91. The number of carbonyl (C=O) groups is 3. The Morgan fingerprint density at radius 2 is 1.38 bits per heavy atom. The average Bonchev–Trinajstić information content (AvgIpc) is 3.15. The Morgan fingerprint density at radius 3 is 1.84 bits per heavy atom. The predicted molar refractivity (Wildman–Crippen MR) is 147 cm³/mol. The summed E-state index contributed by atoms with van der Waals surface area (Å²) in [5.41, 5.74) is 4.37. The van der Waals surface area contributed by atoms with E-state index in [4.69, 9.17) is 34.8 Å². The number of nitrogens with one attached hydrogen (secondary N) is 1. The number of carbonyl (C=O) groups excluding carboxylic acids is 3. The quantitative estimate of drug-likeness (QED) is 0.275. The van der Waals surface area contributed by atoms with Crippen molar-refractivity contribution in [1.82, 2.24) is 4.90 Å². The van der Waals surface area contributed by atoms with Crippen LogP contribution in [0, 0.1) is 18.8 Å². The number of benzene rings is 3. The minimum absolute atomic E-state index is 0.0749. The first kappa shape index (κ1) is 24.9. The number of aryl methyl sites for hydroxylation is 1. The third kappa shape index (κ3) is 3.32. The number of hydrogen-bond acceptors (Lipinski definition) is 3. The van der Waals surface area contributed by atoms with Gasteiger partial charge in [0.2, 0.25) is 17.7 Å². The van der Waals surface area contributed by atoms with Crippen LogP contribution in [0.3, 0.4) is 0 Å². The van der Waals surface area contributed by atoms with Gasteiger partial charge in [-0.1, -0.05) is 60.1 Å². The Balaban J connectivity index is 1.32. The fraction of sp³-hybridized carbons (Fsp3) is 0.250. The highest BCUT2D eigenvalue weighted by Gasteiger charge is 2.72. The molecule has 3 aromatic carbocycles. The molecule has 1 saturated heterocycles. The molecule has 9 heteroatoms. The molecular weight excluding hydrogens is 599 g/mol. The van der Waals surface area contributed by atoms with Crippen LogP contribution in [-0.2, 0) is 24.1 Å². The monoisotopic (exact) mass is 616 g/mol. The van der Waals surface area contributed by atoms with Gasteiger partial charge in [0.25, 0.3) is 0 Å². The van der Waals surface area contributed by atoms with Gasteiger partial charge in [-0.2, -0.15) is 0 Å². The smallest absolute Gasteiger partial charge is 0.235 e. The van der Waals surface area contributed by atoms with E-state index < -0.39 is 33.4 Å². The number of hydrogen-bond donors (Lipinski definition) is 1. The number of rotatable bonds is 4. The molecule has 1 fully saturated rings. The molecular formula is C28H20BrCl3N2O3. The summed E-state index contributed by atoms with van der Waals surface area (Å²) in [7, 11) is 0. The van der Waals surface area contributed by atoms with Crippen LogP contribution in [0.2, 0.25) is 5.02 Å². The van der Waals surface area contributed by atoms with E-state index in [1.165, 1.54) is 0 Å². The first-order valence-corrected chi connectivity index (χ1v) is 13.7. The fourth-order valence-electron chi connectivity index (χ4n) is 6.15. The van der Waals surface area contributed by atoms with Crippen molar-refractivity contribution >= 4 is 74.1 Å². The van der Waals surface area contributed by atoms with Crippen LogP contribution in [-0.4, -0.2) is 29.2 Å². The molecule has 2 atom stereocenters. The molecule has 0 radical (unpaired) electrons. The van der Waals surface area contributed by atoms with Gasteiger partial charge in [0.15, 0.2) is 0 Å². The van der Waals surface area contributed by atoms with Crippen molar-refractivity contribution in [1.29, 1.82) is 0 Å². The Bertz CT molecular complexity index is 1400. The van der Waals surface area contributed by atoms with Crippen molar-refractivity contribution in [2.45, 2.75) is 23.1 Å². The first-order valence-electron chi connectivity index (χ1n) is 11.8. The van der Waals surface area contributed by atoms with Crippen molar-refractivity contribution in [3.63, 3.8) is 0 Å². The molecule has 188 valence electrons. The van der Waals surface area contributed by atoms with Crippen molar-refractivity contribution < 1.29 is 14.4 Å². The third-order valence-corrected chi connectivity index (χ3v) is 10.3. The third-order valence-electron chi connectivity index (χ3n) is 7.78. The van der Waals surface area contributed by atoms with E-state index in [0.29, 0.717) is 10.7 Å². The van der Waals surface area contributed by atoms with E-state index in [0.717, 1.165) is 37.2 Å². The number of amides is 3. The molecule has 3 aliphatic carbocycles. The lowest BCUT2D eigenvalue weighted by atomic mass is 9.54. The molecule has 3 amide bonds. The van der Waals surface area contributed by atoms with Gasteiger partial charge < -0.3 is 5.32 Å². The van der Waals surface area contributed by atoms with Gasteiger partial charge in [-0.15, -0.1) is 23.2 Å². The Hall–Kier alpha value is -2.38. The molecule has 4 aliphatic rings. The zero-order valence-corrected chi connectivity index (χ0v) is 23.4. The maximum absolute atomic E-state index is 13.8. The van der Waals surface area contributed by atoms with Gasteiger partial charge in [0.05, 0.1) is 16.9 Å². The maximum atomic E-state index is 13.8. The Kier molecular flexibility index (Phi) is 5.77. The van der Waals surface area contributed by atoms with Crippen LogP contribution < -0.4 is 5.32 Å². The highest BCUT2D eigenvalue weighted by atomic mass is 79.9. The first-order chi connectivity index (χ1) is 17.6. The van der Waals surface area contributed by atoms with Crippen LogP contribution in [0.5, 0.6) is 0 Å². The van der Waals surface area contributed by atoms with E-state index in [-0.39, 0.29) is 18.9 Å². The Morgan fingerprint density at radius 1 is 0.919 bits per heavy atom. The molecule has 1 N–H and O–H groups in total. The van der Waals surface area contributed by atoms with E-state index in [1.54, 1.807) is 12.1 Å². The van der Waals surface area contributed by atoms with E-state index >= 15 is 0 Å². The molecule has 2 bridgehead atoms. The summed E-state index contributed by atoms with van der Waals surface area (Å²) in [4.78, 5) is 39.1. The fourth-order valence-corrected chi connectivity index (χ4v) is 7.87. The number of nitrogens with zero attached hydrogens (tertiary/aromatic N) is 1. The summed E-state index contributed by atoms with van der Waals surface area (Å²) in [6.07, 6.45) is -0.0749. The van der Waals surface area contributed by atoms with E-state index in [9.17, 15) is 14.4 Å². The van der Waals surface area contributed by atoms with Crippen molar-refractivity contribution in [3.05, 3.63) is 98.0 Å². The van der Waals surface area contributed by atoms with Crippen molar-refractivity contribution in [2.75, 3.05) is 11.9 Å². The van der Waals surface area contributed by atoms with Gasteiger partial charge in [-0.25, -0.2) is 0 Å². The lowest BCUT2D eigenvalue weighted by Gasteiger charge is -2.54. The van der Waals surface area contributed by atoms with Gasteiger partial charge >= 0.3 is 0 Å². The van der Waals surface area contributed by atoms with Crippen LogP contribution in [0.15, 0.2) is 65.1 Å².